The van der Waals surface area contributed by atoms with E-state index in [1.165, 1.54) is 71.3 Å². The third kappa shape index (κ3) is 301. The second-order valence-electron chi connectivity index (χ2n) is 45.8. The molecule has 0 unspecified atom stereocenters. The maximum absolute atomic E-state index is 12.0. The monoisotopic (exact) mass is 2380 g/mol. The number of likely N-dealkylation sites (tertiary alicyclic amines) is 4. The van der Waals surface area contributed by atoms with E-state index in [4.69, 9.17) is 78.0 Å². The van der Waals surface area contributed by atoms with Crippen LogP contribution in [0.1, 0.15) is 435 Å². The van der Waals surface area contributed by atoms with Gasteiger partial charge in [-0.2, -0.15) is 0 Å². The van der Waals surface area contributed by atoms with Crippen molar-refractivity contribution < 1.29 is 124 Å². The predicted octanol–water partition coefficient (Wildman–Crippen LogP) is 33.2. The summed E-state index contributed by atoms with van der Waals surface area (Å²) in [6, 6.07) is 0. The lowest BCUT2D eigenvalue weighted by Gasteiger charge is -2.30. The fourth-order valence-electron chi connectivity index (χ4n) is 7.53. The lowest BCUT2D eigenvalue weighted by atomic mass is 9.89. The molecular formula is C102H245N4O26P7S7. The minimum Gasteiger partial charge on any atom is -0.464 e. The normalized spacial score (nSPS) is 14.0. The summed E-state index contributed by atoms with van der Waals surface area (Å²) in [4.78, 5) is 151. The Hall–Kier alpha value is 2.24. The molecule has 0 aromatic carbocycles. The number of nitrogens with zero attached hydrogens (tertiary/aromatic N) is 4. The number of piperidine rings is 4. The van der Waals surface area contributed by atoms with E-state index in [9.17, 15) is 41.5 Å². The Morgan fingerprint density at radius 1 is 0.247 bits per heavy atom. The summed E-state index contributed by atoms with van der Waals surface area (Å²) in [7, 11) is 1.38. The van der Waals surface area contributed by atoms with Crippen LogP contribution in [-0.4, -0.2) is 227 Å². The van der Waals surface area contributed by atoms with Crippen LogP contribution in [0.15, 0.2) is 0 Å². The molecule has 0 bridgehead atoms. The number of methoxy groups -OCH3 is 1. The average Bonchev–Trinajstić information content (AvgIpc) is 0.875. The van der Waals surface area contributed by atoms with Crippen LogP contribution in [0.2, 0.25) is 0 Å². The molecule has 146 heavy (non-hydrogen) atoms. The van der Waals surface area contributed by atoms with Gasteiger partial charge < -0.3 is 97.4 Å². The molecule has 44 heteroatoms. The van der Waals surface area contributed by atoms with Gasteiger partial charge >= 0.3 is 59.5 Å². The Labute approximate surface area is 931 Å². The number of esters is 2. The van der Waals surface area contributed by atoms with Crippen molar-refractivity contribution in [1.82, 2.24) is 19.6 Å². The minimum atomic E-state index is -4.18. The van der Waals surface area contributed by atoms with Gasteiger partial charge in [0.1, 0.15) is 18.5 Å². The molecule has 0 atom stereocenters. The third-order valence-corrected chi connectivity index (χ3v) is 27.9. The molecule has 0 aliphatic carbocycles. The average molecular weight is 2390 g/mol. The molecule has 0 aromatic rings. The molecule has 4 fully saturated rings. The largest absolute Gasteiger partial charge is 0.464 e. The highest BCUT2D eigenvalue weighted by molar-refractivity contribution is 8.56. The SMILES string of the molecule is CC(C)(CCN1CCCCC1)C(=O)OCCSP(=O)(O)O.CC(C)(CCN1CCCCC1)C(=O)OCSP(=O)(O)O.CC(C)C.CC(C)C.CC(C)C.CC(C)C.CC(C)C.CC(C)C.CC(C)C.CC(C)C.CC(C)C.CC(C)C.CC(C)C.CC(C)C.CC(C)C.CC(C)C.CCCSP(=O)(O)O.CCCSP(=O)(O)O.COCSP(=O)(O)O.O=P(O)(O)SCCN1CCCCC1.O=P(O)(O)SCN1CCCCC1. The van der Waals surface area contributed by atoms with E-state index in [1.807, 2.05) is 27.7 Å². The lowest BCUT2D eigenvalue weighted by molar-refractivity contribution is -0.154. The van der Waals surface area contributed by atoms with Gasteiger partial charge in [0.05, 0.1) is 16.7 Å². The molecule has 4 heterocycles. The topological polar surface area (TPSA) is 478 Å². The second kappa shape index (κ2) is 121. The number of carbonyl (C=O) groups is 2. The number of rotatable bonds is 31. The zero-order chi connectivity index (χ0) is 120. The summed E-state index contributed by atoms with van der Waals surface area (Å²) in [5.74, 6) is 12.9. The van der Waals surface area contributed by atoms with Gasteiger partial charge in [0, 0.05) is 48.0 Å². The van der Waals surface area contributed by atoms with Crippen molar-refractivity contribution in [2.24, 2.45) is 93.7 Å². The molecule has 4 rings (SSSR count). The standard InChI is InChI=1S/C13H26NO5PS.C12H24NO5PS.C7H16NO3PS.C6H14NO3PS.14C4H10.2C3H9O3PS.C2H7O4PS/c1-13(2,6-9-14-7-4-3-5-8-14)12(15)19-10-11-21-20(16,17)18;1-12(2,6-9-13-7-4-3-5-8-13)11(14)18-10-20-19(15,16)17;9-12(10,11)13-7-6-8-4-2-1-3-5-8;8-11(9,10)12-6-7-4-2-1-3-5-7;14*1-4(2)3;2*1-2-3-8-7(4,5)6;1-6-2-8-7(3,4)5/h3-11H2,1-2H3,(H2,16,17,18);3-10H2,1-2H3,(H2,15,16,17);1-7H2,(H2,9,10,11);1-6H2,(H2,8,9,10);14*4H,1-3H3;2*2-3H2,1H3,(H2,4,5,6);2H2,1H3,(H2,3,4,5). The highest BCUT2D eigenvalue weighted by Crippen LogP contribution is 2.54. The highest BCUT2D eigenvalue weighted by Gasteiger charge is 2.32. The van der Waals surface area contributed by atoms with Crippen LogP contribution in [0.25, 0.3) is 0 Å². The van der Waals surface area contributed by atoms with E-state index < -0.39 is 64.4 Å². The van der Waals surface area contributed by atoms with Crippen LogP contribution < -0.4 is 0 Å². The van der Waals surface area contributed by atoms with Crippen LogP contribution >= 0.6 is 127 Å². The maximum Gasteiger partial charge on any atom is 0.387 e. The zero-order valence-corrected chi connectivity index (χ0v) is 115. The van der Waals surface area contributed by atoms with Crippen LogP contribution in [0.5, 0.6) is 0 Å². The number of hydrogen-bond donors (Lipinski definition) is 14. The van der Waals surface area contributed by atoms with E-state index in [0.29, 0.717) is 86.5 Å². The van der Waals surface area contributed by atoms with Gasteiger partial charge in [-0.15, -0.1) is 0 Å². The molecule has 14 N–H and O–H groups in total. The van der Waals surface area contributed by atoms with Crippen molar-refractivity contribution in [3.8, 4) is 0 Å². The van der Waals surface area contributed by atoms with Crippen molar-refractivity contribution in [1.29, 1.82) is 0 Å². The highest BCUT2D eigenvalue weighted by atomic mass is 32.7. The summed E-state index contributed by atoms with van der Waals surface area (Å²) < 4.78 is 86.8. The van der Waals surface area contributed by atoms with E-state index >= 15 is 0 Å². The van der Waals surface area contributed by atoms with Crippen LogP contribution in [0.4, 0.5) is 0 Å². The molecular weight excluding hydrogens is 2140 g/mol. The van der Waals surface area contributed by atoms with Gasteiger partial charge in [-0.05, 0) is 321 Å². The maximum atomic E-state index is 12.0. The summed E-state index contributed by atoms with van der Waals surface area (Å²) in [5.41, 5.74) is -1.20. The molecule has 0 radical (unpaired) electrons. The first kappa shape index (κ1) is 187. The van der Waals surface area contributed by atoms with E-state index in [2.05, 4.69) is 315 Å². The van der Waals surface area contributed by atoms with Gasteiger partial charge in [-0.1, -0.05) is 330 Å². The van der Waals surface area contributed by atoms with Crippen molar-refractivity contribution in [3.05, 3.63) is 0 Å². The van der Waals surface area contributed by atoms with Gasteiger partial charge in [-0.3, -0.25) is 14.5 Å². The number of carbonyl (C=O) groups excluding carboxylic acids is 2. The predicted molar refractivity (Wildman–Crippen MR) is 656 cm³/mol. The second-order valence-corrected chi connectivity index (χ2v) is 72.2. The molecule has 4 saturated heterocycles. The zero-order valence-electron chi connectivity index (χ0n) is 103. The summed E-state index contributed by atoms with van der Waals surface area (Å²) in [5, 5.41) is 0. The van der Waals surface area contributed by atoms with Crippen molar-refractivity contribution in [2.75, 3.05) is 126 Å². The van der Waals surface area contributed by atoms with Gasteiger partial charge in [0.15, 0.2) is 0 Å². The summed E-state index contributed by atoms with van der Waals surface area (Å²) in [6.07, 6.45) is 17.8. The van der Waals surface area contributed by atoms with Gasteiger partial charge in [0.25, 0.3) is 0 Å². The third-order valence-electron chi connectivity index (χ3n) is 12.3. The Morgan fingerprint density at radius 3 is 0.596 bits per heavy atom. The van der Waals surface area contributed by atoms with E-state index in [-0.39, 0.29) is 30.2 Å². The van der Waals surface area contributed by atoms with Crippen LogP contribution in [0.3, 0.4) is 0 Å². The van der Waals surface area contributed by atoms with Crippen LogP contribution in [-0.2, 0) is 55.8 Å². The smallest absolute Gasteiger partial charge is 0.387 e. The molecule has 0 amide bonds. The fraction of sp³-hybridized carbons (Fsp3) is 0.980. The summed E-state index contributed by atoms with van der Waals surface area (Å²) >= 11 is 4.20. The number of ether oxygens (including phenoxy) is 3. The first-order chi connectivity index (χ1) is 65.5. The summed E-state index contributed by atoms with van der Waals surface area (Å²) in [6.45, 7) is 85.8. The van der Waals surface area contributed by atoms with Crippen molar-refractivity contribution in [2.45, 2.75) is 435 Å². The Morgan fingerprint density at radius 2 is 0.418 bits per heavy atom. The quantitative estimate of drug-likeness (QED) is 0.0133. The first-order valence-electron chi connectivity index (χ1n) is 53.1. The Balaban J connectivity index is -0.0000000827. The first-order valence-corrected chi connectivity index (χ1v) is 75.6. The van der Waals surface area contributed by atoms with E-state index in [1.54, 1.807) is 13.8 Å². The minimum absolute atomic E-state index is 0.0295. The van der Waals surface area contributed by atoms with Gasteiger partial charge in [-0.25, -0.2) is 32.0 Å². The molecule has 4 aliphatic heterocycles. The van der Waals surface area contributed by atoms with E-state index in [0.717, 1.165) is 210 Å². The molecule has 906 valence electrons. The number of hydrogen-bond acceptors (Lipinski definition) is 23. The Kier molecular flexibility index (Phi) is 155. The molecule has 30 nitrogen and oxygen atoms in total. The Bertz CT molecular complexity index is 2720. The molecule has 0 saturated carbocycles. The van der Waals surface area contributed by atoms with Crippen molar-refractivity contribution in [3.63, 3.8) is 0 Å². The lowest BCUT2D eigenvalue weighted by Crippen LogP contribution is -2.36. The molecule has 4 aliphatic rings. The van der Waals surface area contributed by atoms with Crippen molar-refractivity contribution >= 4 is 139 Å². The van der Waals surface area contributed by atoms with Gasteiger partial charge in [0.2, 0.25) is 0 Å². The fourth-order valence-corrected chi connectivity index (χ4v) is 17.1. The van der Waals surface area contributed by atoms with Crippen LogP contribution in [0, 0.1) is 93.7 Å². The molecule has 0 aromatic heterocycles. The molecule has 0 spiro atoms.